The summed E-state index contributed by atoms with van der Waals surface area (Å²) in [5, 5.41) is 6.57. The van der Waals surface area contributed by atoms with E-state index in [1.54, 1.807) is 11.3 Å². The van der Waals surface area contributed by atoms with E-state index in [1.165, 1.54) is 5.01 Å². The topological polar surface area (TPSA) is 24.9 Å². The Hall–Kier alpha value is -0.190. The molecule has 0 saturated heterocycles. The Morgan fingerprint density at radius 2 is 2.27 bits per heavy atom. The van der Waals surface area contributed by atoms with E-state index < -0.39 is 0 Å². The Bertz CT molecular complexity index is 339. The predicted octanol–water partition coefficient (Wildman–Crippen LogP) is 3.44. The first-order chi connectivity index (χ1) is 6.89. The van der Waals surface area contributed by atoms with Crippen LogP contribution in [0.3, 0.4) is 0 Å². The van der Waals surface area contributed by atoms with Crippen LogP contribution in [0.2, 0.25) is 0 Å². The van der Waals surface area contributed by atoms with E-state index in [2.05, 4.69) is 59.0 Å². The summed E-state index contributed by atoms with van der Waals surface area (Å²) < 4.78 is 0.966. The van der Waals surface area contributed by atoms with Crippen molar-refractivity contribution in [2.24, 2.45) is 0 Å². The Balaban J connectivity index is 2.50. The van der Waals surface area contributed by atoms with Crippen molar-refractivity contribution in [2.75, 3.05) is 6.54 Å². The number of halogens is 1. The molecule has 1 N–H and O–H groups in total. The molecule has 0 fully saturated rings. The van der Waals surface area contributed by atoms with E-state index >= 15 is 0 Å². The number of hydrogen-bond acceptors (Lipinski definition) is 3. The fourth-order valence-corrected chi connectivity index (χ4v) is 2.16. The van der Waals surface area contributed by atoms with Crippen molar-refractivity contribution in [3.05, 3.63) is 27.1 Å². The Morgan fingerprint density at radius 3 is 2.73 bits per heavy atom. The predicted molar refractivity (Wildman–Crippen MR) is 70.6 cm³/mol. The van der Waals surface area contributed by atoms with Crippen LogP contribution >= 0.6 is 27.3 Å². The molecule has 0 aliphatic heterocycles. The third-order valence-corrected chi connectivity index (χ3v) is 3.41. The van der Waals surface area contributed by atoms with Gasteiger partial charge in [0.1, 0.15) is 0 Å². The number of nitrogens with one attached hydrogen (secondary N) is 1. The molecule has 0 amide bonds. The summed E-state index contributed by atoms with van der Waals surface area (Å²) in [6.07, 6.45) is 0. The van der Waals surface area contributed by atoms with E-state index in [4.69, 9.17) is 0 Å². The molecule has 2 nitrogen and oxygen atoms in total. The van der Waals surface area contributed by atoms with Crippen molar-refractivity contribution in [3.63, 3.8) is 0 Å². The first-order valence-corrected chi connectivity index (χ1v) is 6.56. The highest BCUT2D eigenvalue weighted by Gasteiger charge is 2.17. The van der Waals surface area contributed by atoms with Gasteiger partial charge in [-0.25, -0.2) is 4.98 Å². The van der Waals surface area contributed by atoms with Crippen LogP contribution < -0.4 is 5.32 Å². The smallest absolute Gasteiger partial charge is 0.0982 e. The van der Waals surface area contributed by atoms with Crippen molar-refractivity contribution >= 4 is 27.3 Å². The summed E-state index contributed by atoms with van der Waals surface area (Å²) in [5.74, 6) is 0. The minimum atomic E-state index is 0.155. The summed E-state index contributed by atoms with van der Waals surface area (Å²) in [4.78, 5) is 4.59. The maximum atomic E-state index is 4.59. The lowest BCUT2D eigenvalue weighted by Gasteiger charge is -2.13. The average Bonchev–Trinajstić information content (AvgIpc) is 2.51. The van der Waals surface area contributed by atoms with Gasteiger partial charge in [0, 0.05) is 28.4 Å². The molecule has 1 aromatic rings. The van der Waals surface area contributed by atoms with Crippen LogP contribution in [0.15, 0.2) is 16.4 Å². The van der Waals surface area contributed by atoms with Crippen LogP contribution in [0.25, 0.3) is 0 Å². The Morgan fingerprint density at radius 1 is 1.60 bits per heavy atom. The lowest BCUT2D eigenvalue weighted by atomic mass is 9.98. The maximum absolute atomic E-state index is 4.59. The van der Waals surface area contributed by atoms with Crippen LogP contribution in [-0.4, -0.2) is 11.5 Å². The fourth-order valence-electron chi connectivity index (χ4n) is 1.06. The number of hydrogen-bond donors (Lipinski definition) is 1. The second-order valence-electron chi connectivity index (χ2n) is 4.51. The zero-order valence-electron chi connectivity index (χ0n) is 9.43. The third-order valence-electron chi connectivity index (χ3n) is 1.82. The maximum Gasteiger partial charge on any atom is 0.0982 e. The van der Waals surface area contributed by atoms with Gasteiger partial charge in [-0.2, -0.15) is 0 Å². The quantitative estimate of drug-likeness (QED) is 0.918. The fraction of sp³-hybridized carbons (Fsp3) is 0.545. The second-order valence-corrected chi connectivity index (χ2v) is 6.49. The van der Waals surface area contributed by atoms with Crippen LogP contribution in [0, 0.1) is 0 Å². The molecule has 0 aliphatic carbocycles. The molecule has 15 heavy (non-hydrogen) atoms. The molecule has 84 valence electrons. The average molecular weight is 289 g/mol. The van der Waals surface area contributed by atoms with Gasteiger partial charge >= 0.3 is 0 Å². The number of aromatic nitrogens is 1. The largest absolute Gasteiger partial charge is 0.307 e. The van der Waals surface area contributed by atoms with Gasteiger partial charge < -0.3 is 5.32 Å². The first kappa shape index (κ1) is 12.9. The molecule has 1 heterocycles. The van der Waals surface area contributed by atoms with Gasteiger partial charge in [-0.15, -0.1) is 11.3 Å². The van der Waals surface area contributed by atoms with Gasteiger partial charge in [-0.1, -0.05) is 43.3 Å². The van der Waals surface area contributed by atoms with E-state index in [-0.39, 0.29) is 5.41 Å². The molecule has 0 unspecified atom stereocenters. The zero-order valence-corrected chi connectivity index (χ0v) is 11.8. The monoisotopic (exact) mass is 288 g/mol. The van der Waals surface area contributed by atoms with Crippen LogP contribution in [0.5, 0.6) is 0 Å². The highest BCUT2D eigenvalue weighted by molar-refractivity contribution is 9.11. The summed E-state index contributed by atoms with van der Waals surface area (Å²) in [7, 11) is 0. The SMILES string of the molecule is C=C(Br)CNCc1csc(C(C)(C)C)n1. The lowest BCUT2D eigenvalue weighted by Crippen LogP contribution is -2.15. The molecule has 0 radical (unpaired) electrons. The first-order valence-electron chi connectivity index (χ1n) is 4.88. The van der Waals surface area contributed by atoms with Gasteiger partial charge in [0.2, 0.25) is 0 Å². The van der Waals surface area contributed by atoms with E-state index in [0.29, 0.717) is 0 Å². The highest BCUT2D eigenvalue weighted by atomic mass is 79.9. The molecular formula is C11H17BrN2S. The molecule has 0 aromatic carbocycles. The second kappa shape index (κ2) is 5.23. The van der Waals surface area contributed by atoms with Crippen molar-refractivity contribution < 1.29 is 0 Å². The number of rotatable bonds is 4. The van der Waals surface area contributed by atoms with Crippen LogP contribution in [0.1, 0.15) is 31.5 Å². The number of thiazole rings is 1. The Labute approximate surface area is 104 Å². The van der Waals surface area contributed by atoms with E-state index in [9.17, 15) is 0 Å². The third kappa shape index (κ3) is 4.45. The van der Waals surface area contributed by atoms with Gasteiger partial charge in [-0.3, -0.25) is 0 Å². The molecule has 0 atom stereocenters. The van der Waals surface area contributed by atoms with Crippen molar-refractivity contribution in [1.82, 2.24) is 10.3 Å². The minimum absolute atomic E-state index is 0.155. The zero-order chi connectivity index (χ0) is 11.5. The van der Waals surface area contributed by atoms with Gasteiger partial charge in [0.05, 0.1) is 10.7 Å². The number of nitrogens with zero attached hydrogens (tertiary/aromatic N) is 1. The molecular weight excluding hydrogens is 272 g/mol. The van der Waals surface area contributed by atoms with Gasteiger partial charge in [0.25, 0.3) is 0 Å². The van der Waals surface area contributed by atoms with E-state index in [0.717, 1.165) is 23.3 Å². The molecule has 1 aromatic heterocycles. The lowest BCUT2D eigenvalue weighted by molar-refractivity contribution is 0.581. The summed E-state index contributed by atoms with van der Waals surface area (Å²) in [6.45, 7) is 11.9. The van der Waals surface area contributed by atoms with Crippen LogP contribution in [0.4, 0.5) is 0 Å². The van der Waals surface area contributed by atoms with E-state index in [1.807, 2.05) is 0 Å². The molecule has 4 heteroatoms. The van der Waals surface area contributed by atoms with Crippen molar-refractivity contribution in [1.29, 1.82) is 0 Å². The summed E-state index contributed by atoms with van der Waals surface area (Å²) in [6, 6.07) is 0. The molecule has 0 spiro atoms. The standard InChI is InChI=1S/C11H17BrN2S/c1-8(12)5-13-6-9-7-15-10(14-9)11(2,3)4/h7,13H,1,5-6H2,2-4H3. The molecule has 1 rings (SSSR count). The summed E-state index contributed by atoms with van der Waals surface area (Å²) in [5.41, 5.74) is 1.26. The Kier molecular flexibility index (Phi) is 4.49. The minimum Gasteiger partial charge on any atom is -0.307 e. The molecule has 0 aliphatic rings. The normalized spacial score (nSPS) is 11.7. The van der Waals surface area contributed by atoms with Crippen LogP contribution in [-0.2, 0) is 12.0 Å². The van der Waals surface area contributed by atoms with Gasteiger partial charge in [0.15, 0.2) is 0 Å². The molecule has 0 bridgehead atoms. The van der Waals surface area contributed by atoms with Crippen molar-refractivity contribution in [3.8, 4) is 0 Å². The summed E-state index contributed by atoms with van der Waals surface area (Å²) >= 11 is 5.04. The highest BCUT2D eigenvalue weighted by Crippen LogP contribution is 2.25. The molecule has 0 saturated carbocycles. The van der Waals surface area contributed by atoms with Gasteiger partial charge in [-0.05, 0) is 0 Å². The van der Waals surface area contributed by atoms with Crippen molar-refractivity contribution in [2.45, 2.75) is 32.7 Å².